The number of hydrogen-bond donors (Lipinski definition) is 0. The molecule has 0 heterocycles. The van der Waals surface area contributed by atoms with Crippen molar-refractivity contribution < 1.29 is 28.6 Å². The Morgan fingerprint density at radius 1 is 0.273 bits per heavy atom. The van der Waals surface area contributed by atoms with E-state index in [9.17, 15) is 14.4 Å². The minimum absolute atomic E-state index is 0.0957. The standard InChI is InChI=1S/C71H116O6/c1-4-7-10-13-16-19-22-24-26-27-28-29-30-31-32-33-34-35-36-37-38-39-40-41-42-43-45-46-49-52-55-58-61-64-70(73)76-67-68(66-75-69(72)63-60-57-54-51-48-21-18-15-12-9-6-3)77-71(74)65-62-59-56-53-50-47-44-25-23-20-17-14-11-8-5-2/h7-8,10-11,16-17,19-20,24-26,28-29,31-32,34-35,37-38,44,50,53,68H,4-6,9,12-15,18,21-23,27,30,33,36,39-43,45-49,51-52,54-67H2,1-3H3/b10-7-,11-8-,19-16-,20-17-,26-24-,29-28-,32-31-,35-34-,38-37-,44-25-,53-50-. The van der Waals surface area contributed by atoms with Crippen LogP contribution < -0.4 is 0 Å². The number of hydrogen-bond acceptors (Lipinski definition) is 6. The summed E-state index contributed by atoms with van der Waals surface area (Å²) in [6.07, 6.45) is 90.4. The van der Waals surface area contributed by atoms with Gasteiger partial charge in [0.15, 0.2) is 6.10 Å². The summed E-state index contributed by atoms with van der Waals surface area (Å²) in [5.41, 5.74) is 0. The highest BCUT2D eigenvalue weighted by Crippen LogP contribution is 2.15. The molecule has 6 nitrogen and oxygen atoms in total. The van der Waals surface area contributed by atoms with Crippen LogP contribution in [0.15, 0.2) is 134 Å². The maximum Gasteiger partial charge on any atom is 0.306 e. The van der Waals surface area contributed by atoms with E-state index in [0.29, 0.717) is 19.3 Å². The van der Waals surface area contributed by atoms with Crippen LogP contribution in [0.5, 0.6) is 0 Å². The van der Waals surface area contributed by atoms with Gasteiger partial charge in [-0.3, -0.25) is 14.4 Å². The Bertz CT molecular complexity index is 1650. The summed E-state index contributed by atoms with van der Waals surface area (Å²) in [5.74, 6) is -0.940. The molecule has 1 atom stereocenters. The lowest BCUT2D eigenvalue weighted by atomic mass is 10.0. The summed E-state index contributed by atoms with van der Waals surface area (Å²) in [5, 5.41) is 0. The summed E-state index contributed by atoms with van der Waals surface area (Å²) in [4.78, 5) is 38.2. The summed E-state index contributed by atoms with van der Waals surface area (Å²) in [6, 6.07) is 0. The van der Waals surface area contributed by atoms with Crippen LogP contribution in [-0.2, 0) is 28.6 Å². The number of ether oxygens (including phenoxy) is 3. The fraction of sp³-hybridized carbons (Fsp3) is 0.648. The van der Waals surface area contributed by atoms with Crippen molar-refractivity contribution in [2.75, 3.05) is 13.2 Å². The van der Waals surface area contributed by atoms with Gasteiger partial charge in [-0.1, -0.05) is 276 Å². The van der Waals surface area contributed by atoms with E-state index < -0.39 is 6.10 Å². The normalized spacial score (nSPS) is 13.0. The van der Waals surface area contributed by atoms with Gasteiger partial charge in [0.2, 0.25) is 0 Å². The number of unbranched alkanes of at least 4 members (excludes halogenated alkanes) is 23. The van der Waals surface area contributed by atoms with E-state index in [-0.39, 0.29) is 37.5 Å². The molecule has 0 rings (SSSR count). The smallest absolute Gasteiger partial charge is 0.306 e. The first-order valence-corrected chi connectivity index (χ1v) is 31.7. The van der Waals surface area contributed by atoms with Gasteiger partial charge in [-0.05, 0) is 116 Å². The van der Waals surface area contributed by atoms with Crippen molar-refractivity contribution in [3.05, 3.63) is 134 Å². The van der Waals surface area contributed by atoms with Crippen LogP contribution in [0.1, 0.15) is 278 Å². The molecule has 0 fully saturated rings. The fourth-order valence-electron chi connectivity index (χ4n) is 8.47. The number of carbonyl (C=O) groups is 3. The molecule has 0 aromatic heterocycles. The summed E-state index contributed by atoms with van der Waals surface area (Å²) >= 11 is 0. The lowest BCUT2D eigenvalue weighted by Crippen LogP contribution is -2.30. The second-order valence-corrected chi connectivity index (χ2v) is 20.6. The highest BCUT2D eigenvalue weighted by Gasteiger charge is 2.19. The molecule has 0 spiro atoms. The van der Waals surface area contributed by atoms with Gasteiger partial charge >= 0.3 is 17.9 Å². The minimum atomic E-state index is -0.802. The Morgan fingerprint density at radius 2 is 0.506 bits per heavy atom. The Kier molecular flexibility index (Phi) is 60.4. The predicted molar refractivity (Wildman–Crippen MR) is 334 cm³/mol. The number of esters is 3. The monoisotopic (exact) mass is 1060 g/mol. The van der Waals surface area contributed by atoms with E-state index in [4.69, 9.17) is 14.2 Å². The van der Waals surface area contributed by atoms with Crippen LogP contribution in [0, 0.1) is 0 Å². The largest absolute Gasteiger partial charge is 0.462 e. The van der Waals surface area contributed by atoms with Crippen molar-refractivity contribution in [2.24, 2.45) is 0 Å². The highest BCUT2D eigenvalue weighted by molar-refractivity contribution is 5.71. The first kappa shape index (κ1) is 72.5. The van der Waals surface area contributed by atoms with E-state index in [1.54, 1.807) is 0 Å². The van der Waals surface area contributed by atoms with Crippen molar-refractivity contribution in [3.8, 4) is 0 Å². The lowest BCUT2D eigenvalue weighted by Gasteiger charge is -2.18. The first-order valence-electron chi connectivity index (χ1n) is 31.7. The van der Waals surface area contributed by atoms with Gasteiger partial charge in [0.25, 0.3) is 0 Å². The third-order valence-electron chi connectivity index (χ3n) is 13.2. The Labute approximate surface area is 475 Å². The minimum Gasteiger partial charge on any atom is -0.462 e. The van der Waals surface area contributed by atoms with Crippen LogP contribution in [0.25, 0.3) is 0 Å². The van der Waals surface area contributed by atoms with E-state index in [1.165, 1.54) is 109 Å². The molecule has 1 unspecified atom stereocenters. The molecule has 0 aliphatic carbocycles. The fourth-order valence-corrected chi connectivity index (χ4v) is 8.47. The van der Waals surface area contributed by atoms with Crippen molar-refractivity contribution in [1.29, 1.82) is 0 Å². The molecule has 436 valence electrons. The maximum absolute atomic E-state index is 12.8. The molecule has 0 N–H and O–H groups in total. The first-order chi connectivity index (χ1) is 38.0. The molecule has 0 aromatic rings. The zero-order valence-electron chi connectivity index (χ0n) is 49.9. The van der Waals surface area contributed by atoms with Gasteiger partial charge in [-0.15, -0.1) is 0 Å². The van der Waals surface area contributed by atoms with E-state index >= 15 is 0 Å². The van der Waals surface area contributed by atoms with E-state index in [1.807, 2.05) is 0 Å². The van der Waals surface area contributed by atoms with Gasteiger partial charge in [0, 0.05) is 19.3 Å². The zero-order chi connectivity index (χ0) is 55.7. The third-order valence-corrected chi connectivity index (χ3v) is 13.2. The Balaban J connectivity index is 4.23. The molecule has 0 aliphatic rings. The van der Waals surface area contributed by atoms with E-state index in [0.717, 1.165) is 122 Å². The number of allylic oxidation sites excluding steroid dienone is 22. The summed E-state index contributed by atoms with van der Waals surface area (Å²) in [7, 11) is 0. The molecule has 0 saturated heterocycles. The number of rotatable bonds is 56. The average Bonchev–Trinajstić information content (AvgIpc) is 3.43. The van der Waals surface area contributed by atoms with Crippen LogP contribution >= 0.6 is 0 Å². The second-order valence-electron chi connectivity index (χ2n) is 20.6. The van der Waals surface area contributed by atoms with Gasteiger partial charge in [0.05, 0.1) is 0 Å². The quantitative estimate of drug-likeness (QED) is 0.0261. The van der Waals surface area contributed by atoms with Crippen LogP contribution in [0.2, 0.25) is 0 Å². The SMILES string of the molecule is CC/C=C\C/C=C\C/C=C\C/C=C\C/C=C\C/C=C\C/C=C\CCCCCCCCCCCCCC(=O)OCC(COC(=O)CCCCCCCCCCCCC)OC(=O)CCCC/C=C\C/C=C\C/C=C\C/C=C\CC. The van der Waals surface area contributed by atoms with Gasteiger partial charge in [-0.2, -0.15) is 0 Å². The van der Waals surface area contributed by atoms with Crippen LogP contribution in [0.3, 0.4) is 0 Å². The van der Waals surface area contributed by atoms with Gasteiger partial charge < -0.3 is 14.2 Å². The average molecular weight is 1070 g/mol. The van der Waals surface area contributed by atoms with Crippen LogP contribution in [-0.4, -0.2) is 37.2 Å². The molecular weight excluding hydrogens is 949 g/mol. The molecule has 0 aliphatic heterocycles. The van der Waals surface area contributed by atoms with Crippen molar-refractivity contribution >= 4 is 17.9 Å². The topological polar surface area (TPSA) is 78.9 Å². The summed E-state index contributed by atoms with van der Waals surface area (Å²) < 4.78 is 16.8. The Morgan fingerprint density at radius 3 is 0.818 bits per heavy atom. The molecule has 0 aromatic carbocycles. The van der Waals surface area contributed by atoms with E-state index in [2.05, 4.69) is 154 Å². The number of carbonyl (C=O) groups excluding carboxylic acids is 3. The van der Waals surface area contributed by atoms with Crippen molar-refractivity contribution in [3.63, 3.8) is 0 Å². The Hall–Kier alpha value is -4.45. The lowest BCUT2D eigenvalue weighted by molar-refractivity contribution is -0.167. The zero-order valence-corrected chi connectivity index (χ0v) is 49.9. The second kappa shape index (κ2) is 64.1. The predicted octanol–water partition coefficient (Wildman–Crippen LogP) is 21.8. The highest BCUT2D eigenvalue weighted by atomic mass is 16.6. The van der Waals surface area contributed by atoms with Gasteiger partial charge in [0.1, 0.15) is 13.2 Å². The molecule has 77 heavy (non-hydrogen) atoms. The molecule has 0 saturated carbocycles. The maximum atomic E-state index is 12.8. The molecular formula is C71H116O6. The third kappa shape index (κ3) is 62.3. The summed E-state index contributed by atoms with van der Waals surface area (Å²) in [6.45, 7) is 6.37. The van der Waals surface area contributed by atoms with Crippen LogP contribution in [0.4, 0.5) is 0 Å². The van der Waals surface area contributed by atoms with Crippen molar-refractivity contribution in [2.45, 2.75) is 284 Å². The molecule has 6 heteroatoms. The molecule has 0 radical (unpaired) electrons. The van der Waals surface area contributed by atoms with Crippen molar-refractivity contribution in [1.82, 2.24) is 0 Å². The molecule has 0 bridgehead atoms. The van der Waals surface area contributed by atoms with Gasteiger partial charge in [-0.25, -0.2) is 0 Å². The molecule has 0 amide bonds.